The molecule has 2 heterocycles. The maximum atomic E-state index is 4.84. The van der Waals surface area contributed by atoms with Gasteiger partial charge in [0.25, 0.3) is 0 Å². The average molecular weight is 182 g/mol. The number of hydrogen-bond donors (Lipinski definition) is 0. The Bertz CT molecular complexity index is 227. The van der Waals surface area contributed by atoms with E-state index in [2.05, 4.69) is 17.0 Å². The Morgan fingerprint density at radius 3 is 3.08 bits per heavy atom. The third-order valence-electron chi connectivity index (χ3n) is 3.53. The first-order valence-electron chi connectivity index (χ1n) is 5.15. The topological polar surface area (TPSA) is 24.8 Å². The molecule has 0 aliphatic carbocycles. The van der Waals surface area contributed by atoms with E-state index >= 15 is 0 Å². The fourth-order valence-electron chi connectivity index (χ4n) is 2.81. The standard InChI is InChI=1S/C10H18N2O/c1-3-10-5-4-6-12(10)8-9(7-10)11-13-2/h3-8H2,1-2H3/b11-9-. The maximum Gasteiger partial charge on any atom is 0.106 e. The van der Waals surface area contributed by atoms with Crippen molar-refractivity contribution in [3.63, 3.8) is 0 Å². The summed E-state index contributed by atoms with van der Waals surface area (Å²) >= 11 is 0. The van der Waals surface area contributed by atoms with Crippen LogP contribution in [0.2, 0.25) is 0 Å². The second kappa shape index (κ2) is 3.29. The van der Waals surface area contributed by atoms with Crippen molar-refractivity contribution in [2.75, 3.05) is 20.2 Å². The van der Waals surface area contributed by atoms with Crippen LogP contribution in [0.5, 0.6) is 0 Å². The zero-order valence-corrected chi connectivity index (χ0v) is 8.55. The summed E-state index contributed by atoms with van der Waals surface area (Å²) in [6, 6.07) is 0. The Hall–Kier alpha value is -0.570. The summed E-state index contributed by atoms with van der Waals surface area (Å²) in [4.78, 5) is 7.42. The highest BCUT2D eigenvalue weighted by atomic mass is 16.6. The van der Waals surface area contributed by atoms with Gasteiger partial charge in [-0.3, -0.25) is 4.90 Å². The van der Waals surface area contributed by atoms with Gasteiger partial charge in [0.05, 0.1) is 5.71 Å². The van der Waals surface area contributed by atoms with Gasteiger partial charge in [0, 0.05) is 18.5 Å². The molecule has 0 aromatic carbocycles. The molecule has 2 aliphatic rings. The van der Waals surface area contributed by atoms with Crippen LogP contribution in [0.1, 0.15) is 32.6 Å². The third-order valence-corrected chi connectivity index (χ3v) is 3.53. The van der Waals surface area contributed by atoms with Crippen LogP contribution in [0.25, 0.3) is 0 Å². The molecular weight excluding hydrogens is 164 g/mol. The van der Waals surface area contributed by atoms with Gasteiger partial charge in [0.1, 0.15) is 7.11 Å². The predicted molar refractivity (Wildman–Crippen MR) is 52.9 cm³/mol. The zero-order chi connectivity index (χ0) is 9.31. The number of oxime groups is 1. The molecule has 74 valence electrons. The van der Waals surface area contributed by atoms with Gasteiger partial charge in [-0.1, -0.05) is 12.1 Å². The van der Waals surface area contributed by atoms with E-state index < -0.39 is 0 Å². The molecule has 0 N–H and O–H groups in total. The molecule has 0 saturated carbocycles. The normalized spacial score (nSPS) is 36.9. The van der Waals surface area contributed by atoms with Crippen molar-refractivity contribution < 1.29 is 4.84 Å². The van der Waals surface area contributed by atoms with Crippen molar-refractivity contribution in [3.05, 3.63) is 0 Å². The summed E-state index contributed by atoms with van der Waals surface area (Å²) in [6.07, 6.45) is 5.06. The van der Waals surface area contributed by atoms with Crippen molar-refractivity contribution in [1.29, 1.82) is 0 Å². The Morgan fingerprint density at radius 2 is 2.46 bits per heavy atom. The van der Waals surface area contributed by atoms with Gasteiger partial charge in [-0.15, -0.1) is 0 Å². The van der Waals surface area contributed by atoms with Gasteiger partial charge in [-0.2, -0.15) is 0 Å². The molecule has 1 unspecified atom stereocenters. The quantitative estimate of drug-likeness (QED) is 0.606. The average Bonchev–Trinajstić information content (AvgIpc) is 2.61. The Balaban J connectivity index is 2.13. The first-order valence-corrected chi connectivity index (χ1v) is 5.15. The molecule has 0 bridgehead atoms. The highest BCUT2D eigenvalue weighted by molar-refractivity contribution is 5.89. The van der Waals surface area contributed by atoms with E-state index in [0.29, 0.717) is 5.54 Å². The van der Waals surface area contributed by atoms with Crippen molar-refractivity contribution in [1.82, 2.24) is 4.90 Å². The predicted octanol–water partition coefficient (Wildman–Crippen LogP) is 1.64. The van der Waals surface area contributed by atoms with Crippen LogP contribution in [0.3, 0.4) is 0 Å². The van der Waals surface area contributed by atoms with Crippen molar-refractivity contribution in [2.45, 2.75) is 38.1 Å². The van der Waals surface area contributed by atoms with Gasteiger partial charge >= 0.3 is 0 Å². The third kappa shape index (κ3) is 1.35. The molecule has 13 heavy (non-hydrogen) atoms. The van der Waals surface area contributed by atoms with Gasteiger partial charge < -0.3 is 4.84 Å². The van der Waals surface area contributed by atoms with Crippen molar-refractivity contribution >= 4 is 5.71 Å². The summed E-state index contributed by atoms with van der Waals surface area (Å²) in [7, 11) is 1.63. The second-order valence-electron chi connectivity index (χ2n) is 4.12. The molecule has 0 aromatic rings. The highest BCUT2D eigenvalue weighted by Crippen LogP contribution is 2.39. The van der Waals surface area contributed by atoms with Gasteiger partial charge in [-0.05, 0) is 25.8 Å². The Morgan fingerprint density at radius 1 is 1.62 bits per heavy atom. The summed E-state index contributed by atoms with van der Waals surface area (Å²) in [5.41, 5.74) is 1.67. The van der Waals surface area contributed by atoms with E-state index in [4.69, 9.17) is 4.84 Å². The molecule has 2 saturated heterocycles. The van der Waals surface area contributed by atoms with E-state index in [-0.39, 0.29) is 0 Å². The first kappa shape index (κ1) is 9.00. The van der Waals surface area contributed by atoms with E-state index in [1.54, 1.807) is 7.11 Å². The lowest BCUT2D eigenvalue weighted by Gasteiger charge is -2.29. The number of rotatable bonds is 2. The van der Waals surface area contributed by atoms with Gasteiger partial charge in [-0.25, -0.2) is 0 Å². The second-order valence-corrected chi connectivity index (χ2v) is 4.12. The van der Waals surface area contributed by atoms with Crippen LogP contribution in [0.15, 0.2) is 5.16 Å². The van der Waals surface area contributed by atoms with Gasteiger partial charge in [0.15, 0.2) is 0 Å². The van der Waals surface area contributed by atoms with Crippen LogP contribution >= 0.6 is 0 Å². The SMILES string of the molecule is CCC12CCCN1C/C(=N\OC)C2. The monoisotopic (exact) mass is 182 g/mol. The van der Waals surface area contributed by atoms with Crippen LogP contribution in [0.4, 0.5) is 0 Å². The Labute approximate surface area is 79.7 Å². The van der Waals surface area contributed by atoms with Crippen molar-refractivity contribution in [2.24, 2.45) is 5.16 Å². The summed E-state index contributed by atoms with van der Waals surface area (Å²) in [5.74, 6) is 0. The van der Waals surface area contributed by atoms with Crippen molar-refractivity contribution in [3.8, 4) is 0 Å². The fourth-order valence-corrected chi connectivity index (χ4v) is 2.81. The summed E-state index contributed by atoms with van der Waals surface area (Å²) in [6.45, 7) is 4.56. The fraction of sp³-hybridized carbons (Fsp3) is 0.900. The number of fused-ring (bicyclic) bond motifs is 1. The lowest BCUT2D eigenvalue weighted by Crippen LogP contribution is -2.37. The lowest BCUT2D eigenvalue weighted by molar-refractivity contribution is 0.189. The van der Waals surface area contributed by atoms with E-state index in [1.165, 1.54) is 31.5 Å². The van der Waals surface area contributed by atoms with Gasteiger partial charge in [0.2, 0.25) is 0 Å². The minimum Gasteiger partial charge on any atom is -0.399 e. The zero-order valence-electron chi connectivity index (χ0n) is 8.55. The maximum absolute atomic E-state index is 4.84. The molecule has 2 fully saturated rings. The van der Waals surface area contributed by atoms with E-state index in [9.17, 15) is 0 Å². The molecule has 1 atom stereocenters. The van der Waals surface area contributed by atoms with E-state index in [1.807, 2.05) is 0 Å². The molecule has 0 aromatic heterocycles. The summed E-state index contributed by atoms with van der Waals surface area (Å²) in [5, 5.41) is 4.07. The van der Waals surface area contributed by atoms with Crippen LogP contribution in [-0.4, -0.2) is 36.3 Å². The minimum atomic E-state index is 0.442. The Kier molecular flexibility index (Phi) is 2.28. The van der Waals surface area contributed by atoms with Crippen LogP contribution < -0.4 is 0 Å². The first-order chi connectivity index (χ1) is 6.30. The summed E-state index contributed by atoms with van der Waals surface area (Å²) < 4.78 is 0. The molecule has 3 heteroatoms. The highest BCUT2D eigenvalue weighted by Gasteiger charge is 2.45. The molecular formula is C10H18N2O. The number of hydrogen-bond acceptors (Lipinski definition) is 3. The van der Waals surface area contributed by atoms with Crippen LogP contribution in [-0.2, 0) is 4.84 Å². The van der Waals surface area contributed by atoms with Crippen LogP contribution in [0, 0.1) is 0 Å². The number of nitrogens with zero attached hydrogens (tertiary/aromatic N) is 2. The molecule has 0 radical (unpaired) electrons. The molecule has 0 spiro atoms. The lowest BCUT2D eigenvalue weighted by atomic mass is 9.91. The smallest absolute Gasteiger partial charge is 0.106 e. The van der Waals surface area contributed by atoms with E-state index in [0.717, 1.165) is 13.0 Å². The molecule has 2 aliphatic heterocycles. The largest absolute Gasteiger partial charge is 0.399 e. The molecule has 2 rings (SSSR count). The minimum absolute atomic E-state index is 0.442. The molecule has 3 nitrogen and oxygen atoms in total. The molecule has 0 amide bonds.